The molecule has 2 atom stereocenters. The van der Waals surface area contributed by atoms with Crippen molar-refractivity contribution in [3.05, 3.63) is 0 Å². The molecule has 23 heavy (non-hydrogen) atoms. The maximum absolute atomic E-state index is 12.0. The standard InChI is InChI=1S/C16H29NO6/c1-10(2)12(22-11(3)18)23-14(21)17-16(7,13(19)20)9-8-15(4,5)6/h10,12H,8-9H2,1-7H3,(H,17,21)(H,19,20)/t12-,16-/m0/s1. The summed E-state index contributed by atoms with van der Waals surface area (Å²) in [5.41, 5.74) is -1.53. The number of esters is 1. The van der Waals surface area contributed by atoms with Gasteiger partial charge in [-0.05, 0) is 25.2 Å². The van der Waals surface area contributed by atoms with Gasteiger partial charge in [0.05, 0.1) is 0 Å². The number of hydrogen-bond acceptors (Lipinski definition) is 5. The predicted molar refractivity (Wildman–Crippen MR) is 84.7 cm³/mol. The molecule has 1 amide bonds. The minimum atomic E-state index is -1.46. The van der Waals surface area contributed by atoms with Gasteiger partial charge in [-0.3, -0.25) is 4.79 Å². The number of aliphatic carboxylic acids is 1. The third kappa shape index (κ3) is 8.42. The Hall–Kier alpha value is -1.79. The van der Waals surface area contributed by atoms with E-state index in [4.69, 9.17) is 9.47 Å². The summed E-state index contributed by atoms with van der Waals surface area (Å²) in [5.74, 6) is -1.98. The van der Waals surface area contributed by atoms with E-state index < -0.39 is 29.9 Å². The summed E-state index contributed by atoms with van der Waals surface area (Å²) in [6, 6.07) is 0. The fourth-order valence-corrected chi connectivity index (χ4v) is 1.67. The van der Waals surface area contributed by atoms with E-state index in [0.717, 1.165) is 0 Å². The number of alkyl carbamates (subject to hydrolysis) is 1. The average Bonchev–Trinajstić information content (AvgIpc) is 2.33. The molecule has 0 fully saturated rings. The first-order chi connectivity index (χ1) is 10.3. The normalized spacial score (nSPS) is 15.5. The fraction of sp³-hybridized carbons (Fsp3) is 0.812. The lowest BCUT2D eigenvalue weighted by Crippen LogP contribution is -2.53. The molecule has 0 radical (unpaired) electrons. The highest BCUT2D eigenvalue weighted by molar-refractivity contribution is 5.83. The summed E-state index contributed by atoms with van der Waals surface area (Å²) >= 11 is 0. The van der Waals surface area contributed by atoms with Crippen LogP contribution in [0.1, 0.15) is 61.3 Å². The molecule has 0 unspecified atom stereocenters. The second-order valence-corrected chi connectivity index (χ2v) is 7.45. The van der Waals surface area contributed by atoms with Crippen LogP contribution in [-0.2, 0) is 19.1 Å². The second kappa shape index (κ2) is 8.17. The van der Waals surface area contributed by atoms with Crippen molar-refractivity contribution in [1.29, 1.82) is 0 Å². The number of hydrogen-bond donors (Lipinski definition) is 2. The number of amides is 1. The van der Waals surface area contributed by atoms with Gasteiger partial charge < -0.3 is 19.9 Å². The number of carboxylic acid groups (broad SMARTS) is 1. The first-order valence-corrected chi connectivity index (χ1v) is 7.66. The van der Waals surface area contributed by atoms with Gasteiger partial charge in [0.1, 0.15) is 5.54 Å². The van der Waals surface area contributed by atoms with Crippen LogP contribution in [0.3, 0.4) is 0 Å². The van der Waals surface area contributed by atoms with Crippen molar-refractivity contribution < 1.29 is 29.0 Å². The van der Waals surface area contributed by atoms with E-state index in [1.165, 1.54) is 13.8 Å². The zero-order chi connectivity index (χ0) is 18.4. The molecule has 0 aromatic rings. The number of rotatable bonds is 7. The van der Waals surface area contributed by atoms with Crippen LogP contribution in [0, 0.1) is 11.3 Å². The SMILES string of the molecule is CC(=O)O[C@@H](OC(=O)N[C@@](C)(CCC(C)(C)C)C(=O)O)C(C)C. The molecule has 7 nitrogen and oxygen atoms in total. The van der Waals surface area contributed by atoms with Crippen LogP contribution in [0.4, 0.5) is 4.79 Å². The fourth-order valence-electron chi connectivity index (χ4n) is 1.67. The van der Waals surface area contributed by atoms with Crippen molar-refractivity contribution in [3.63, 3.8) is 0 Å². The lowest BCUT2D eigenvalue weighted by Gasteiger charge is -2.30. The highest BCUT2D eigenvalue weighted by atomic mass is 16.7. The van der Waals surface area contributed by atoms with Gasteiger partial charge in [-0.15, -0.1) is 0 Å². The number of carboxylic acids is 1. The Morgan fingerprint density at radius 2 is 1.57 bits per heavy atom. The van der Waals surface area contributed by atoms with E-state index >= 15 is 0 Å². The summed E-state index contributed by atoms with van der Waals surface area (Å²) in [5, 5.41) is 11.8. The van der Waals surface area contributed by atoms with Gasteiger partial charge in [-0.1, -0.05) is 34.6 Å². The molecule has 0 bridgehead atoms. The number of carbonyl (C=O) groups is 3. The Morgan fingerprint density at radius 1 is 1.04 bits per heavy atom. The van der Waals surface area contributed by atoms with Crippen molar-refractivity contribution >= 4 is 18.0 Å². The van der Waals surface area contributed by atoms with E-state index in [2.05, 4.69) is 5.32 Å². The summed E-state index contributed by atoms with van der Waals surface area (Å²) < 4.78 is 9.95. The van der Waals surface area contributed by atoms with E-state index in [9.17, 15) is 19.5 Å². The molecule has 0 rings (SSSR count). The topological polar surface area (TPSA) is 102 Å². The molecule has 0 saturated carbocycles. The Morgan fingerprint density at radius 3 is 1.91 bits per heavy atom. The van der Waals surface area contributed by atoms with Gasteiger partial charge in [-0.25, -0.2) is 9.59 Å². The van der Waals surface area contributed by atoms with Gasteiger partial charge in [0.2, 0.25) is 0 Å². The number of carbonyl (C=O) groups excluding carboxylic acids is 2. The molecule has 2 N–H and O–H groups in total. The molecule has 0 aliphatic heterocycles. The average molecular weight is 331 g/mol. The van der Waals surface area contributed by atoms with Gasteiger partial charge in [0, 0.05) is 12.8 Å². The maximum atomic E-state index is 12.0. The lowest BCUT2D eigenvalue weighted by atomic mass is 9.84. The maximum Gasteiger partial charge on any atom is 0.411 e. The van der Waals surface area contributed by atoms with Crippen LogP contribution < -0.4 is 5.32 Å². The molecule has 0 heterocycles. The molecule has 134 valence electrons. The molecule has 0 spiro atoms. The summed E-state index contributed by atoms with van der Waals surface area (Å²) in [4.78, 5) is 34.5. The predicted octanol–water partition coefficient (Wildman–Crippen LogP) is 2.93. The van der Waals surface area contributed by atoms with Gasteiger partial charge in [-0.2, -0.15) is 0 Å². The molecule has 0 aliphatic rings. The summed E-state index contributed by atoms with van der Waals surface area (Å²) in [6.07, 6.45) is -1.13. The summed E-state index contributed by atoms with van der Waals surface area (Å²) in [6.45, 7) is 12.0. The third-order valence-electron chi connectivity index (χ3n) is 3.27. The van der Waals surface area contributed by atoms with Crippen LogP contribution in [0.5, 0.6) is 0 Å². The molecule has 0 saturated heterocycles. The Bertz CT molecular complexity index is 440. The van der Waals surface area contributed by atoms with Crippen molar-refractivity contribution in [2.24, 2.45) is 11.3 Å². The molecule has 7 heteroatoms. The second-order valence-electron chi connectivity index (χ2n) is 7.45. The van der Waals surface area contributed by atoms with Crippen molar-refractivity contribution in [1.82, 2.24) is 5.32 Å². The Balaban J connectivity index is 4.90. The van der Waals surface area contributed by atoms with Crippen LogP contribution in [0.2, 0.25) is 0 Å². The number of nitrogens with one attached hydrogen (secondary N) is 1. The summed E-state index contributed by atoms with van der Waals surface area (Å²) in [7, 11) is 0. The van der Waals surface area contributed by atoms with Gasteiger partial charge in [0.25, 0.3) is 6.29 Å². The van der Waals surface area contributed by atoms with E-state index in [1.54, 1.807) is 13.8 Å². The van der Waals surface area contributed by atoms with Crippen molar-refractivity contribution in [2.45, 2.75) is 73.1 Å². The molecule has 0 aromatic carbocycles. The van der Waals surface area contributed by atoms with E-state index in [0.29, 0.717) is 6.42 Å². The first kappa shape index (κ1) is 21.2. The van der Waals surface area contributed by atoms with Crippen LogP contribution >= 0.6 is 0 Å². The minimum absolute atomic E-state index is 0.0689. The van der Waals surface area contributed by atoms with E-state index in [1.807, 2.05) is 20.8 Å². The Kier molecular flexibility index (Phi) is 7.54. The van der Waals surface area contributed by atoms with Crippen molar-refractivity contribution in [3.8, 4) is 0 Å². The molecular weight excluding hydrogens is 302 g/mol. The van der Waals surface area contributed by atoms with Crippen molar-refractivity contribution in [2.75, 3.05) is 0 Å². The van der Waals surface area contributed by atoms with Crippen LogP contribution in [0.15, 0.2) is 0 Å². The monoisotopic (exact) mass is 331 g/mol. The molecule has 0 aromatic heterocycles. The lowest BCUT2D eigenvalue weighted by molar-refractivity contribution is -0.173. The molecule has 0 aliphatic carbocycles. The largest absolute Gasteiger partial charge is 0.480 e. The zero-order valence-electron chi connectivity index (χ0n) is 15.1. The molecular formula is C16H29NO6. The quantitative estimate of drug-likeness (QED) is 0.549. The zero-order valence-corrected chi connectivity index (χ0v) is 15.1. The highest BCUT2D eigenvalue weighted by Gasteiger charge is 2.37. The first-order valence-electron chi connectivity index (χ1n) is 7.66. The number of ether oxygens (including phenoxy) is 2. The van der Waals surface area contributed by atoms with Gasteiger partial charge >= 0.3 is 18.0 Å². The highest BCUT2D eigenvalue weighted by Crippen LogP contribution is 2.26. The van der Waals surface area contributed by atoms with Gasteiger partial charge in [0.15, 0.2) is 0 Å². The smallest absolute Gasteiger partial charge is 0.411 e. The van der Waals surface area contributed by atoms with E-state index in [-0.39, 0.29) is 17.8 Å². The third-order valence-corrected chi connectivity index (χ3v) is 3.27. The minimum Gasteiger partial charge on any atom is -0.480 e. The Labute approximate surface area is 137 Å². The van der Waals surface area contributed by atoms with Crippen LogP contribution in [0.25, 0.3) is 0 Å². The van der Waals surface area contributed by atoms with Crippen LogP contribution in [-0.4, -0.2) is 35.0 Å².